The first-order chi connectivity index (χ1) is 9.11. The molecule has 7 heteroatoms. The van der Waals surface area contributed by atoms with Gasteiger partial charge in [0.15, 0.2) is 11.0 Å². The van der Waals surface area contributed by atoms with Gasteiger partial charge in [-0.1, -0.05) is 18.5 Å². The molecule has 1 N–H and O–H groups in total. The molecule has 0 unspecified atom stereocenters. The standard InChI is InChI=1S/C12H12ClN5O/c1-3-9-8(6-7(2)17-18-9)12(19)16-11-10(13)14-4-5-15-11/h4-6H,3H2,1-2H3,(H,15,16,19). The van der Waals surface area contributed by atoms with Crippen molar-refractivity contribution in [3.63, 3.8) is 0 Å². The van der Waals surface area contributed by atoms with Crippen molar-refractivity contribution in [2.45, 2.75) is 20.3 Å². The first-order valence-electron chi connectivity index (χ1n) is 5.73. The van der Waals surface area contributed by atoms with E-state index < -0.39 is 0 Å². The fraction of sp³-hybridized carbons (Fsp3) is 0.250. The van der Waals surface area contributed by atoms with Gasteiger partial charge in [-0.2, -0.15) is 10.2 Å². The largest absolute Gasteiger partial charge is 0.304 e. The Kier molecular flexibility index (Phi) is 4.01. The normalized spacial score (nSPS) is 10.3. The van der Waals surface area contributed by atoms with Gasteiger partial charge < -0.3 is 5.32 Å². The summed E-state index contributed by atoms with van der Waals surface area (Å²) >= 11 is 5.84. The first kappa shape index (κ1) is 13.4. The van der Waals surface area contributed by atoms with Crippen molar-refractivity contribution in [1.82, 2.24) is 20.2 Å². The predicted molar refractivity (Wildman–Crippen MR) is 71.1 cm³/mol. The number of hydrogen-bond donors (Lipinski definition) is 1. The van der Waals surface area contributed by atoms with E-state index in [9.17, 15) is 4.79 Å². The molecule has 0 aliphatic rings. The van der Waals surface area contributed by atoms with Crippen LogP contribution in [0.2, 0.25) is 5.15 Å². The average Bonchev–Trinajstić information content (AvgIpc) is 2.41. The van der Waals surface area contributed by atoms with Crippen LogP contribution < -0.4 is 5.32 Å². The lowest BCUT2D eigenvalue weighted by Gasteiger charge is -2.08. The van der Waals surface area contributed by atoms with Crippen molar-refractivity contribution in [2.75, 3.05) is 5.32 Å². The lowest BCUT2D eigenvalue weighted by Crippen LogP contribution is -2.17. The fourth-order valence-electron chi connectivity index (χ4n) is 1.55. The van der Waals surface area contributed by atoms with Gasteiger partial charge >= 0.3 is 0 Å². The summed E-state index contributed by atoms with van der Waals surface area (Å²) in [5.74, 6) is -0.0945. The number of anilines is 1. The molecule has 98 valence electrons. The molecule has 0 saturated heterocycles. The lowest BCUT2D eigenvalue weighted by atomic mass is 10.1. The molecule has 0 saturated carbocycles. The van der Waals surface area contributed by atoms with Crippen molar-refractivity contribution in [2.24, 2.45) is 0 Å². The molecular formula is C12H12ClN5O. The van der Waals surface area contributed by atoms with Crippen LogP contribution in [0.15, 0.2) is 18.5 Å². The van der Waals surface area contributed by atoms with E-state index in [1.807, 2.05) is 6.92 Å². The number of carbonyl (C=O) groups is 1. The monoisotopic (exact) mass is 277 g/mol. The Morgan fingerprint density at radius 1 is 1.32 bits per heavy atom. The van der Waals surface area contributed by atoms with E-state index in [4.69, 9.17) is 11.6 Å². The van der Waals surface area contributed by atoms with Crippen molar-refractivity contribution in [3.05, 3.63) is 40.6 Å². The van der Waals surface area contributed by atoms with E-state index in [1.54, 1.807) is 13.0 Å². The van der Waals surface area contributed by atoms with Crippen LogP contribution in [0.4, 0.5) is 5.82 Å². The van der Waals surface area contributed by atoms with Crippen LogP contribution >= 0.6 is 11.6 Å². The number of amides is 1. The smallest absolute Gasteiger partial charge is 0.258 e. The zero-order valence-corrected chi connectivity index (χ0v) is 11.3. The van der Waals surface area contributed by atoms with Crippen LogP contribution in [0.3, 0.4) is 0 Å². The summed E-state index contributed by atoms with van der Waals surface area (Å²) < 4.78 is 0. The maximum atomic E-state index is 12.2. The van der Waals surface area contributed by atoms with Crippen LogP contribution in [0.1, 0.15) is 28.7 Å². The van der Waals surface area contributed by atoms with Crippen LogP contribution in [0, 0.1) is 6.92 Å². The molecule has 0 aromatic carbocycles. The molecule has 0 atom stereocenters. The SMILES string of the molecule is CCc1nnc(C)cc1C(=O)Nc1nccnc1Cl. The lowest BCUT2D eigenvalue weighted by molar-refractivity contribution is 0.102. The highest BCUT2D eigenvalue weighted by molar-refractivity contribution is 6.32. The van der Waals surface area contributed by atoms with Crippen LogP contribution in [-0.4, -0.2) is 26.1 Å². The summed E-state index contributed by atoms with van der Waals surface area (Å²) in [4.78, 5) is 20.0. The van der Waals surface area contributed by atoms with Gasteiger partial charge in [0.25, 0.3) is 5.91 Å². The number of rotatable bonds is 3. The molecule has 1 amide bonds. The maximum absolute atomic E-state index is 12.2. The van der Waals surface area contributed by atoms with Crippen molar-refractivity contribution >= 4 is 23.3 Å². The number of hydrogen-bond acceptors (Lipinski definition) is 5. The molecule has 0 spiro atoms. The zero-order valence-electron chi connectivity index (χ0n) is 10.5. The van der Waals surface area contributed by atoms with E-state index in [2.05, 4.69) is 25.5 Å². The molecule has 2 rings (SSSR count). The Morgan fingerprint density at radius 3 is 2.74 bits per heavy atom. The van der Waals surface area contributed by atoms with E-state index in [0.29, 0.717) is 23.4 Å². The van der Waals surface area contributed by atoms with Gasteiger partial charge in [0, 0.05) is 12.4 Å². The number of aromatic nitrogens is 4. The fourth-order valence-corrected chi connectivity index (χ4v) is 1.70. The third-order valence-electron chi connectivity index (χ3n) is 2.46. The molecule has 0 aliphatic heterocycles. The Morgan fingerprint density at radius 2 is 2.05 bits per heavy atom. The minimum absolute atomic E-state index is 0.146. The summed E-state index contributed by atoms with van der Waals surface area (Å²) in [6.45, 7) is 3.68. The molecule has 0 radical (unpaired) electrons. The van der Waals surface area contributed by atoms with E-state index >= 15 is 0 Å². The van der Waals surface area contributed by atoms with Gasteiger partial charge in [-0.05, 0) is 19.4 Å². The number of halogens is 1. The summed E-state index contributed by atoms with van der Waals surface area (Å²) in [6.07, 6.45) is 3.52. The molecule has 0 bridgehead atoms. The van der Waals surface area contributed by atoms with E-state index in [1.165, 1.54) is 12.4 Å². The molecule has 6 nitrogen and oxygen atoms in total. The number of nitrogens with one attached hydrogen (secondary N) is 1. The minimum atomic E-state index is -0.322. The summed E-state index contributed by atoms with van der Waals surface area (Å²) in [5.41, 5.74) is 1.77. The molecule has 2 heterocycles. The van der Waals surface area contributed by atoms with Crippen molar-refractivity contribution < 1.29 is 4.79 Å². The third kappa shape index (κ3) is 3.03. The van der Waals surface area contributed by atoms with Gasteiger partial charge in [-0.25, -0.2) is 9.97 Å². The second-order valence-electron chi connectivity index (χ2n) is 3.85. The maximum Gasteiger partial charge on any atom is 0.258 e. The number of carbonyl (C=O) groups excluding carboxylic acids is 1. The Labute approximate surface area is 115 Å². The quantitative estimate of drug-likeness (QED) is 0.928. The third-order valence-corrected chi connectivity index (χ3v) is 2.73. The molecule has 2 aromatic heterocycles. The molecular weight excluding hydrogens is 266 g/mol. The van der Waals surface area contributed by atoms with Crippen molar-refractivity contribution in [3.8, 4) is 0 Å². The number of nitrogens with zero attached hydrogens (tertiary/aromatic N) is 4. The highest BCUT2D eigenvalue weighted by Crippen LogP contribution is 2.16. The Bertz CT molecular complexity index is 617. The van der Waals surface area contributed by atoms with Gasteiger partial charge in [-0.3, -0.25) is 4.79 Å². The molecule has 0 fully saturated rings. The summed E-state index contributed by atoms with van der Waals surface area (Å²) in [7, 11) is 0. The minimum Gasteiger partial charge on any atom is -0.304 e. The predicted octanol–water partition coefficient (Wildman–Crippen LogP) is 2.04. The second kappa shape index (κ2) is 5.71. The molecule has 0 aliphatic carbocycles. The second-order valence-corrected chi connectivity index (χ2v) is 4.21. The van der Waals surface area contributed by atoms with Crippen molar-refractivity contribution in [1.29, 1.82) is 0 Å². The highest BCUT2D eigenvalue weighted by atomic mass is 35.5. The Balaban J connectivity index is 2.30. The van der Waals surface area contributed by atoms with Crippen LogP contribution in [0.5, 0.6) is 0 Å². The van der Waals surface area contributed by atoms with Gasteiger partial charge in [0.05, 0.1) is 17.0 Å². The van der Waals surface area contributed by atoms with Gasteiger partial charge in [0.1, 0.15) is 0 Å². The highest BCUT2D eigenvalue weighted by Gasteiger charge is 2.15. The summed E-state index contributed by atoms with van der Waals surface area (Å²) in [5, 5.41) is 10.7. The molecule has 19 heavy (non-hydrogen) atoms. The van der Waals surface area contributed by atoms with Crippen LogP contribution in [-0.2, 0) is 6.42 Å². The van der Waals surface area contributed by atoms with E-state index in [-0.39, 0.29) is 16.9 Å². The number of aryl methyl sites for hydroxylation is 2. The zero-order chi connectivity index (χ0) is 13.8. The average molecular weight is 278 g/mol. The van der Waals surface area contributed by atoms with Gasteiger partial charge in [0.2, 0.25) is 0 Å². The molecule has 2 aromatic rings. The van der Waals surface area contributed by atoms with E-state index in [0.717, 1.165) is 0 Å². The van der Waals surface area contributed by atoms with Crippen LogP contribution in [0.25, 0.3) is 0 Å². The van der Waals surface area contributed by atoms with Gasteiger partial charge in [-0.15, -0.1) is 0 Å². The Hall–Kier alpha value is -2.08. The topological polar surface area (TPSA) is 80.7 Å². The summed E-state index contributed by atoms with van der Waals surface area (Å²) in [6, 6.07) is 1.69. The first-order valence-corrected chi connectivity index (χ1v) is 6.10.